The van der Waals surface area contributed by atoms with E-state index in [1.165, 1.54) is 0 Å². The van der Waals surface area contributed by atoms with Crippen LogP contribution in [-0.4, -0.2) is 18.8 Å². The van der Waals surface area contributed by atoms with Crippen LogP contribution in [0.15, 0.2) is 0 Å². The number of hydrogen-bond acceptors (Lipinski definition) is 3. The Morgan fingerprint density at radius 2 is 1.89 bits per heavy atom. The molecule has 0 aliphatic carbocycles. The van der Waals surface area contributed by atoms with Gasteiger partial charge in [-0.2, -0.15) is 0 Å². The number of carbonyl (C=O) groups excluding carboxylic acids is 1. The van der Waals surface area contributed by atoms with Gasteiger partial charge in [0.05, 0.1) is 0 Å². The molecular weight excluding hydrogens is 139 g/mol. The lowest BCUT2D eigenvalue weighted by Crippen LogP contribution is -1.87. The minimum atomic E-state index is -2.44. The second-order valence-electron chi connectivity index (χ2n) is 2.17. The van der Waals surface area contributed by atoms with Gasteiger partial charge in [0.1, 0.15) is 0 Å². The van der Waals surface area contributed by atoms with Gasteiger partial charge in [0.25, 0.3) is 13.8 Å². The molecule has 1 heterocycles. The van der Waals surface area contributed by atoms with E-state index in [2.05, 4.69) is 4.52 Å². The average Bonchev–Trinajstić information content (AvgIpc) is 2.16. The Kier molecular flexibility index (Phi) is 1.91. The second kappa shape index (κ2) is 2.53. The van der Waals surface area contributed by atoms with E-state index in [-0.39, 0.29) is 0 Å². The fraction of sp³-hybridized carbons (Fsp3) is 0.800. The van der Waals surface area contributed by atoms with Crippen LogP contribution in [-0.2, 0) is 13.9 Å². The molecule has 0 amide bonds. The average molecular weight is 148 g/mol. The molecule has 52 valence electrons. The van der Waals surface area contributed by atoms with Gasteiger partial charge in [-0.1, -0.05) is 0 Å². The van der Waals surface area contributed by atoms with Crippen LogP contribution in [0, 0.1) is 0 Å². The molecule has 1 aliphatic rings. The zero-order chi connectivity index (χ0) is 6.74. The summed E-state index contributed by atoms with van der Waals surface area (Å²) in [6.45, 7) is 0.298. The summed E-state index contributed by atoms with van der Waals surface area (Å²) < 4.78 is 15.6. The van der Waals surface area contributed by atoms with Crippen LogP contribution < -0.4 is 0 Å². The van der Waals surface area contributed by atoms with Crippen LogP contribution in [0.1, 0.15) is 12.8 Å². The van der Waals surface area contributed by atoms with Crippen molar-refractivity contribution < 1.29 is 13.9 Å². The van der Waals surface area contributed by atoms with Crippen molar-refractivity contribution >= 4 is 13.8 Å². The quantitative estimate of drug-likeness (QED) is 0.437. The lowest BCUT2D eigenvalue weighted by Gasteiger charge is -2.05. The predicted octanol–water partition coefficient (Wildman–Crippen LogP) is 1.23. The van der Waals surface area contributed by atoms with Gasteiger partial charge in [0.15, 0.2) is 0 Å². The zero-order valence-corrected chi connectivity index (χ0v) is 5.97. The van der Waals surface area contributed by atoms with Crippen LogP contribution >= 0.6 is 7.37 Å². The third-order valence-corrected chi connectivity index (χ3v) is 3.95. The first kappa shape index (κ1) is 6.81. The summed E-state index contributed by atoms with van der Waals surface area (Å²) in [5.74, 6) is 0. The van der Waals surface area contributed by atoms with E-state index in [0.717, 1.165) is 12.8 Å². The van der Waals surface area contributed by atoms with Crippen LogP contribution in [0.5, 0.6) is 0 Å². The molecule has 0 atom stereocenters. The molecule has 0 bridgehead atoms. The fourth-order valence-electron chi connectivity index (χ4n) is 1.00. The predicted molar refractivity (Wildman–Crippen MR) is 33.7 cm³/mol. The molecule has 0 unspecified atom stereocenters. The molecule has 0 aromatic heterocycles. The number of rotatable bonds is 2. The minimum absolute atomic E-state index is 0.298. The van der Waals surface area contributed by atoms with Gasteiger partial charge in [-0.3, -0.25) is 9.36 Å². The highest BCUT2D eigenvalue weighted by Gasteiger charge is 2.28. The standard InChI is InChI=1S/C5H9O3P/c6-5-8-9(7)3-1-2-4-9/h5H,1-4H2. The van der Waals surface area contributed by atoms with E-state index in [0.29, 0.717) is 18.8 Å². The molecule has 4 heteroatoms. The maximum Gasteiger partial charge on any atom is 0.298 e. The third-order valence-electron chi connectivity index (χ3n) is 1.48. The molecule has 0 spiro atoms. The first-order valence-electron chi connectivity index (χ1n) is 2.97. The van der Waals surface area contributed by atoms with Crippen molar-refractivity contribution in [3.8, 4) is 0 Å². The van der Waals surface area contributed by atoms with Crippen molar-refractivity contribution in [2.75, 3.05) is 12.3 Å². The normalized spacial score (nSPS) is 23.6. The summed E-state index contributed by atoms with van der Waals surface area (Å²) >= 11 is 0. The van der Waals surface area contributed by atoms with Crippen LogP contribution in [0.2, 0.25) is 0 Å². The lowest BCUT2D eigenvalue weighted by atomic mass is 10.4. The van der Waals surface area contributed by atoms with Gasteiger partial charge in [-0.25, -0.2) is 0 Å². The topological polar surface area (TPSA) is 43.4 Å². The van der Waals surface area contributed by atoms with Crippen molar-refractivity contribution in [1.82, 2.24) is 0 Å². The summed E-state index contributed by atoms with van der Waals surface area (Å²) in [6, 6.07) is 0. The monoisotopic (exact) mass is 148 g/mol. The van der Waals surface area contributed by atoms with Gasteiger partial charge in [-0.15, -0.1) is 0 Å². The third kappa shape index (κ3) is 1.55. The van der Waals surface area contributed by atoms with Crippen molar-refractivity contribution in [1.29, 1.82) is 0 Å². The maximum atomic E-state index is 11.2. The summed E-state index contributed by atoms with van der Waals surface area (Å²) in [5, 5.41) is 0. The van der Waals surface area contributed by atoms with Crippen molar-refractivity contribution in [3.63, 3.8) is 0 Å². The Morgan fingerprint density at radius 3 is 2.33 bits per heavy atom. The van der Waals surface area contributed by atoms with Gasteiger partial charge >= 0.3 is 0 Å². The summed E-state index contributed by atoms with van der Waals surface area (Å²) in [4.78, 5) is 9.77. The van der Waals surface area contributed by atoms with Crippen LogP contribution in [0.25, 0.3) is 0 Å². The smallest absolute Gasteiger partial charge is 0.298 e. The van der Waals surface area contributed by atoms with E-state index < -0.39 is 7.37 Å². The van der Waals surface area contributed by atoms with Gasteiger partial charge in [-0.05, 0) is 12.8 Å². The van der Waals surface area contributed by atoms with Crippen molar-refractivity contribution in [3.05, 3.63) is 0 Å². The van der Waals surface area contributed by atoms with E-state index in [4.69, 9.17) is 0 Å². The molecule has 0 N–H and O–H groups in total. The molecule has 9 heavy (non-hydrogen) atoms. The highest BCUT2D eigenvalue weighted by atomic mass is 31.2. The molecule has 1 aliphatic heterocycles. The Labute approximate surface area is 53.8 Å². The molecule has 1 saturated heterocycles. The molecule has 1 fully saturated rings. The van der Waals surface area contributed by atoms with E-state index in [1.54, 1.807) is 0 Å². The molecule has 1 rings (SSSR count). The molecule has 0 radical (unpaired) electrons. The van der Waals surface area contributed by atoms with Gasteiger partial charge < -0.3 is 4.52 Å². The highest BCUT2D eigenvalue weighted by Crippen LogP contribution is 2.52. The van der Waals surface area contributed by atoms with Crippen LogP contribution in [0.3, 0.4) is 0 Å². The Balaban J connectivity index is 2.51. The molecule has 0 aromatic carbocycles. The SMILES string of the molecule is O=COP1(=O)CCCC1. The summed E-state index contributed by atoms with van der Waals surface area (Å²) in [5.41, 5.74) is 0. The highest BCUT2D eigenvalue weighted by molar-refractivity contribution is 7.59. The largest absolute Gasteiger partial charge is 0.414 e. The Hall–Kier alpha value is -0.300. The number of carbonyl (C=O) groups is 1. The Morgan fingerprint density at radius 1 is 1.33 bits per heavy atom. The molecule has 0 saturated carbocycles. The fourth-order valence-corrected chi connectivity index (χ4v) is 3.00. The summed E-state index contributed by atoms with van der Waals surface area (Å²) in [6.07, 6.45) is 3.05. The van der Waals surface area contributed by atoms with E-state index in [1.807, 2.05) is 0 Å². The van der Waals surface area contributed by atoms with E-state index in [9.17, 15) is 9.36 Å². The van der Waals surface area contributed by atoms with Crippen molar-refractivity contribution in [2.45, 2.75) is 12.8 Å². The van der Waals surface area contributed by atoms with E-state index >= 15 is 0 Å². The van der Waals surface area contributed by atoms with Crippen molar-refractivity contribution in [2.24, 2.45) is 0 Å². The first-order valence-corrected chi connectivity index (χ1v) is 4.96. The zero-order valence-electron chi connectivity index (χ0n) is 5.08. The number of hydrogen-bond donors (Lipinski definition) is 0. The molecular formula is C5H9O3P. The Bertz CT molecular complexity index is 144. The minimum Gasteiger partial charge on any atom is -0.414 e. The molecule has 3 nitrogen and oxygen atoms in total. The van der Waals surface area contributed by atoms with Gasteiger partial charge in [0, 0.05) is 12.3 Å². The second-order valence-corrected chi connectivity index (χ2v) is 4.90. The first-order chi connectivity index (χ1) is 4.27. The maximum absolute atomic E-state index is 11.2. The summed E-state index contributed by atoms with van der Waals surface area (Å²) in [7, 11) is -2.44. The van der Waals surface area contributed by atoms with Gasteiger partial charge in [0.2, 0.25) is 0 Å². The lowest BCUT2D eigenvalue weighted by molar-refractivity contribution is -0.120. The molecule has 0 aromatic rings. The van der Waals surface area contributed by atoms with Crippen LogP contribution in [0.4, 0.5) is 0 Å².